The average molecular weight is 334 g/mol. The summed E-state index contributed by atoms with van der Waals surface area (Å²) in [5, 5.41) is 1.79. The van der Waals surface area contributed by atoms with Gasteiger partial charge >= 0.3 is 0 Å². The molecule has 104 valence electrons. The standard InChI is InChI=1S/C16H9Cl2NOS/c17-11-7-5-10(6-8-11)9-14-16(20)21-15(19-14)12-3-1-2-4-13(12)18/h1-9H/b14-9-. The third-order valence-corrected chi connectivity index (χ3v) is 4.38. The van der Waals surface area contributed by atoms with E-state index < -0.39 is 0 Å². The number of benzene rings is 2. The molecule has 0 spiro atoms. The largest absolute Gasteiger partial charge is 0.279 e. The van der Waals surface area contributed by atoms with E-state index in [1.807, 2.05) is 30.3 Å². The van der Waals surface area contributed by atoms with E-state index in [0.717, 1.165) is 22.9 Å². The van der Waals surface area contributed by atoms with Crippen molar-refractivity contribution in [1.82, 2.24) is 0 Å². The first-order chi connectivity index (χ1) is 10.1. The van der Waals surface area contributed by atoms with Crippen LogP contribution < -0.4 is 0 Å². The normalized spacial score (nSPS) is 16.4. The molecule has 2 nitrogen and oxygen atoms in total. The SMILES string of the molecule is O=C1SC(c2ccccc2Cl)=N/C1=C\c1ccc(Cl)cc1. The van der Waals surface area contributed by atoms with Crippen LogP contribution in [0.3, 0.4) is 0 Å². The molecule has 0 saturated heterocycles. The summed E-state index contributed by atoms with van der Waals surface area (Å²) in [5.41, 5.74) is 2.07. The molecule has 0 radical (unpaired) electrons. The molecule has 0 fully saturated rings. The summed E-state index contributed by atoms with van der Waals surface area (Å²) in [5.74, 6) is 0. The van der Waals surface area contributed by atoms with Crippen molar-refractivity contribution in [2.45, 2.75) is 0 Å². The lowest BCUT2D eigenvalue weighted by Crippen LogP contribution is -1.93. The summed E-state index contributed by atoms with van der Waals surface area (Å²) in [4.78, 5) is 16.4. The first-order valence-electron chi connectivity index (χ1n) is 6.16. The van der Waals surface area contributed by atoms with Gasteiger partial charge in [0.25, 0.3) is 0 Å². The van der Waals surface area contributed by atoms with E-state index in [0.29, 0.717) is 20.8 Å². The van der Waals surface area contributed by atoms with Gasteiger partial charge in [0, 0.05) is 10.6 Å². The summed E-state index contributed by atoms with van der Waals surface area (Å²) in [6, 6.07) is 14.6. The lowest BCUT2D eigenvalue weighted by molar-refractivity contribution is -0.107. The summed E-state index contributed by atoms with van der Waals surface area (Å²) < 4.78 is 0. The second kappa shape index (κ2) is 6.06. The molecule has 0 unspecified atom stereocenters. The number of thioether (sulfide) groups is 1. The zero-order valence-electron chi connectivity index (χ0n) is 10.7. The van der Waals surface area contributed by atoms with Crippen molar-refractivity contribution in [1.29, 1.82) is 0 Å². The van der Waals surface area contributed by atoms with Crippen molar-refractivity contribution in [3.63, 3.8) is 0 Å². The highest BCUT2D eigenvalue weighted by molar-refractivity contribution is 8.27. The van der Waals surface area contributed by atoms with E-state index in [1.165, 1.54) is 0 Å². The molecule has 0 atom stereocenters. The lowest BCUT2D eigenvalue weighted by Gasteiger charge is -1.99. The summed E-state index contributed by atoms with van der Waals surface area (Å²) in [6.07, 6.45) is 1.75. The van der Waals surface area contributed by atoms with Gasteiger partial charge in [-0.3, -0.25) is 4.79 Å². The zero-order chi connectivity index (χ0) is 14.8. The molecule has 2 aromatic carbocycles. The Bertz CT molecular complexity index is 766. The highest BCUT2D eigenvalue weighted by atomic mass is 35.5. The lowest BCUT2D eigenvalue weighted by atomic mass is 10.2. The van der Waals surface area contributed by atoms with Gasteiger partial charge in [0.1, 0.15) is 10.7 Å². The van der Waals surface area contributed by atoms with Gasteiger partial charge in [0.15, 0.2) is 0 Å². The summed E-state index contributed by atoms with van der Waals surface area (Å²) >= 11 is 13.1. The Morgan fingerprint density at radius 1 is 1.00 bits per heavy atom. The molecular formula is C16H9Cl2NOS. The Hall–Kier alpha value is -1.55. The molecule has 1 heterocycles. The third-order valence-electron chi connectivity index (χ3n) is 2.90. The van der Waals surface area contributed by atoms with Crippen LogP contribution in [-0.2, 0) is 4.79 Å². The van der Waals surface area contributed by atoms with Gasteiger partial charge in [0.2, 0.25) is 5.12 Å². The molecule has 5 heteroatoms. The van der Waals surface area contributed by atoms with Crippen molar-refractivity contribution in [2.75, 3.05) is 0 Å². The van der Waals surface area contributed by atoms with E-state index in [2.05, 4.69) is 4.99 Å². The fourth-order valence-corrected chi connectivity index (χ4v) is 3.10. The first-order valence-corrected chi connectivity index (χ1v) is 7.74. The minimum absolute atomic E-state index is 0.0835. The highest BCUT2D eigenvalue weighted by Crippen LogP contribution is 2.31. The summed E-state index contributed by atoms with van der Waals surface area (Å²) in [7, 11) is 0. The molecule has 0 saturated carbocycles. The van der Waals surface area contributed by atoms with Crippen LogP contribution in [0.25, 0.3) is 6.08 Å². The van der Waals surface area contributed by atoms with Crippen molar-refractivity contribution >= 4 is 51.2 Å². The van der Waals surface area contributed by atoms with Crippen LogP contribution in [0.1, 0.15) is 11.1 Å². The summed E-state index contributed by atoms with van der Waals surface area (Å²) in [6.45, 7) is 0. The number of hydrogen-bond donors (Lipinski definition) is 0. The van der Waals surface area contributed by atoms with Crippen LogP contribution in [0, 0.1) is 0 Å². The van der Waals surface area contributed by atoms with Crippen molar-refractivity contribution in [3.8, 4) is 0 Å². The van der Waals surface area contributed by atoms with Crippen LogP contribution in [0.2, 0.25) is 10.0 Å². The minimum atomic E-state index is -0.0835. The predicted octanol–water partition coefficient (Wildman–Crippen LogP) is 5.05. The molecule has 0 aromatic heterocycles. The van der Waals surface area contributed by atoms with E-state index in [4.69, 9.17) is 23.2 Å². The Kier molecular flexibility index (Phi) is 4.15. The van der Waals surface area contributed by atoms with E-state index >= 15 is 0 Å². The maximum absolute atomic E-state index is 12.1. The van der Waals surface area contributed by atoms with Crippen molar-refractivity contribution in [2.24, 2.45) is 4.99 Å². The van der Waals surface area contributed by atoms with Crippen LogP contribution in [0.4, 0.5) is 0 Å². The molecule has 2 aromatic rings. The monoisotopic (exact) mass is 333 g/mol. The molecule has 0 aliphatic carbocycles. The molecule has 0 amide bonds. The van der Waals surface area contributed by atoms with Gasteiger partial charge < -0.3 is 0 Å². The van der Waals surface area contributed by atoms with Gasteiger partial charge in [-0.1, -0.05) is 53.5 Å². The van der Waals surface area contributed by atoms with Gasteiger partial charge in [0.05, 0.1) is 5.02 Å². The number of rotatable bonds is 2. The molecule has 1 aliphatic rings. The number of hydrogen-bond acceptors (Lipinski definition) is 3. The Labute approximate surface area is 136 Å². The number of carbonyl (C=O) groups is 1. The highest BCUT2D eigenvalue weighted by Gasteiger charge is 2.24. The van der Waals surface area contributed by atoms with E-state index in [-0.39, 0.29) is 5.12 Å². The minimum Gasteiger partial charge on any atom is -0.279 e. The second-order valence-electron chi connectivity index (χ2n) is 4.37. The maximum Gasteiger partial charge on any atom is 0.244 e. The van der Waals surface area contributed by atoms with Crippen LogP contribution >= 0.6 is 35.0 Å². The van der Waals surface area contributed by atoms with E-state index in [9.17, 15) is 4.79 Å². The molecular weight excluding hydrogens is 325 g/mol. The number of aliphatic imine (C=N–C) groups is 1. The van der Waals surface area contributed by atoms with Crippen LogP contribution in [-0.4, -0.2) is 10.2 Å². The van der Waals surface area contributed by atoms with Gasteiger partial charge in [-0.05, 0) is 41.6 Å². The van der Waals surface area contributed by atoms with Crippen LogP contribution in [0.5, 0.6) is 0 Å². The molecule has 21 heavy (non-hydrogen) atoms. The fourth-order valence-electron chi connectivity index (χ4n) is 1.88. The average Bonchev–Trinajstić information content (AvgIpc) is 2.83. The third kappa shape index (κ3) is 3.21. The van der Waals surface area contributed by atoms with Gasteiger partial charge in [-0.15, -0.1) is 0 Å². The van der Waals surface area contributed by atoms with E-state index in [1.54, 1.807) is 24.3 Å². The van der Waals surface area contributed by atoms with Crippen molar-refractivity contribution < 1.29 is 4.79 Å². The molecule has 0 bridgehead atoms. The second-order valence-corrected chi connectivity index (χ2v) is 6.17. The molecule has 1 aliphatic heterocycles. The number of nitrogens with zero attached hydrogens (tertiary/aromatic N) is 1. The maximum atomic E-state index is 12.1. The first kappa shape index (κ1) is 14.4. The number of halogens is 2. The van der Waals surface area contributed by atoms with Gasteiger partial charge in [-0.25, -0.2) is 4.99 Å². The Balaban J connectivity index is 1.96. The number of carbonyl (C=O) groups excluding carboxylic acids is 1. The Morgan fingerprint density at radius 3 is 2.43 bits per heavy atom. The molecule has 0 N–H and O–H groups in total. The Morgan fingerprint density at radius 2 is 1.71 bits per heavy atom. The van der Waals surface area contributed by atoms with Crippen molar-refractivity contribution in [3.05, 3.63) is 75.4 Å². The van der Waals surface area contributed by atoms with Gasteiger partial charge in [-0.2, -0.15) is 0 Å². The molecule has 3 rings (SSSR count). The zero-order valence-corrected chi connectivity index (χ0v) is 13.0. The topological polar surface area (TPSA) is 29.4 Å². The quantitative estimate of drug-likeness (QED) is 0.719. The fraction of sp³-hybridized carbons (Fsp3) is 0. The predicted molar refractivity (Wildman–Crippen MR) is 90.0 cm³/mol. The van der Waals surface area contributed by atoms with Crippen LogP contribution in [0.15, 0.2) is 59.2 Å². The smallest absolute Gasteiger partial charge is 0.244 e.